The van der Waals surface area contributed by atoms with Gasteiger partial charge in [0.05, 0.1) is 17.9 Å². The van der Waals surface area contributed by atoms with E-state index in [0.29, 0.717) is 29.2 Å². The zero-order valence-electron chi connectivity index (χ0n) is 18.9. The Morgan fingerprint density at radius 3 is 2.44 bits per heavy atom. The molecule has 0 aliphatic carbocycles. The standard InChI is InChI=1S/C23H26N4O6S/c1-23(17-8-4-3-5-9-17)21(29)27(22(30)24-23)25-20(28)16-7-6-14-26(15-16)34(31,32)19-12-10-18(33-2)11-13-19/h3-5,8-13,16H,6-7,14-15H2,1-2H3,(H,24,30)(H,25,28). The number of methoxy groups -OCH3 is 1. The van der Waals surface area contributed by atoms with Gasteiger partial charge in [0, 0.05) is 13.1 Å². The number of benzene rings is 2. The van der Waals surface area contributed by atoms with Gasteiger partial charge in [-0.25, -0.2) is 13.2 Å². The number of hydrazine groups is 1. The van der Waals surface area contributed by atoms with E-state index in [1.807, 2.05) is 0 Å². The molecule has 2 heterocycles. The number of nitrogens with zero attached hydrogens (tertiary/aromatic N) is 2. The summed E-state index contributed by atoms with van der Waals surface area (Å²) in [4.78, 5) is 38.6. The van der Waals surface area contributed by atoms with Gasteiger partial charge < -0.3 is 10.1 Å². The Balaban J connectivity index is 1.46. The summed E-state index contributed by atoms with van der Waals surface area (Å²) in [5.41, 5.74) is 1.66. The minimum Gasteiger partial charge on any atom is -0.497 e. The van der Waals surface area contributed by atoms with Crippen LogP contribution in [0.2, 0.25) is 0 Å². The molecule has 4 rings (SSSR count). The average Bonchev–Trinajstić information content (AvgIpc) is 3.08. The maximum atomic E-state index is 13.1. The molecule has 4 amide bonds. The van der Waals surface area contributed by atoms with Gasteiger partial charge in [-0.05, 0) is 49.6 Å². The first-order valence-corrected chi connectivity index (χ1v) is 12.3. The highest BCUT2D eigenvalue weighted by molar-refractivity contribution is 7.89. The zero-order chi connectivity index (χ0) is 24.5. The molecular weight excluding hydrogens is 460 g/mol. The molecule has 2 fully saturated rings. The number of ether oxygens (including phenoxy) is 1. The van der Waals surface area contributed by atoms with Gasteiger partial charge in [0.2, 0.25) is 15.9 Å². The van der Waals surface area contributed by atoms with Gasteiger partial charge in [-0.15, -0.1) is 0 Å². The summed E-state index contributed by atoms with van der Waals surface area (Å²) in [6.07, 6.45) is 0.898. The van der Waals surface area contributed by atoms with Crippen molar-refractivity contribution in [3.63, 3.8) is 0 Å². The van der Waals surface area contributed by atoms with Gasteiger partial charge >= 0.3 is 6.03 Å². The number of urea groups is 1. The maximum Gasteiger partial charge on any atom is 0.344 e. The van der Waals surface area contributed by atoms with Crippen LogP contribution in [0.1, 0.15) is 25.3 Å². The van der Waals surface area contributed by atoms with Crippen LogP contribution in [-0.4, -0.2) is 55.8 Å². The Morgan fingerprint density at radius 1 is 1.12 bits per heavy atom. The van der Waals surface area contributed by atoms with Crippen LogP contribution in [0.25, 0.3) is 0 Å². The number of sulfonamides is 1. The summed E-state index contributed by atoms with van der Waals surface area (Å²) in [7, 11) is -2.33. The van der Waals surface area contributed by atoms with Crippen molar-refractivity contribution in [1.29, 1.82) is 0 Å². The molecule has 0 radical (unpaired) electrons. The third-order valence-corrected chi connectivity index (χ3v) is 8.10. The van der Waals surface area contributed by atoms with Crippen molar-refractivity contribution in [1.82, 2.24) is 20.1 Å². The van der Waals surface area contributed by atoms with E-state index in [0.717, 1.165) is 0 Å². The fourth-order valence-electron chi connectivity index (χ4n) is 4.18. The van der Waals surface area contributed by atoms with Crippen molar-refractivity contribution in [3.05, 3.63) is 60.2 Å². The van der Waals surface area contributed by atoms with Crippen LogP contribution in [0.5, 0.6) is 5.75 Å². The van der Waals surface area contributed by atoms with Gasteiger partial charge in [-0.1, -0.05) is 30.3 Å². The second-order valence-corrected chi connectivity index (χ2v) is 10.4. The number of amides is 4. The Hall–Kier alpha value is -3.44. The smallest absolute Gasteiger partial charge is 0.344 e. The van der Waals surface area contributed by atoms with Crippen molar-refractivity contribution in [2.45, 2.75) is 30.2 Å². The Labute approximate surface area is 197 Å². The maximum absolute atomic E-state index is 13.1. The van der Waals surface area contributed by atoms with Crippen LogP contribution in [0.15, 0.2) is 59.5 Å². The fourth-order valence-corrected chi connectivity index (χ4v) is 5.70. The molecule has 2 N–H and O–H groups in total. The van der Waals surface area contributed by atoms with Crippen molar-refractivity contribution in [2.75, 3.05) is 20.2 Å². The number of rotatable bonds is 6. The molecule has 0 bridgehead atoms. The van der Waals surface area contributed by atoms with Crippen LogP contribution in [0.4, 0.5) is 4.79 Å². The molecule has 2 saturated heterocycles. The lowest BCUT2D eigenvalue weighted by molar-refractivity contribution is -0.141. The minimum atomic E-state index is -3.82. The molecule has 34 heavy (non-hydrogen) atoms. The lowest BCUT2D eigenvalue weighted by Crippen LogP contribution is -2.52. The Kier molecular flexibility index (Phi) is 6.32. The SMILES string of the molecule is COc1ccc(S(=O)(=O)N2CCCC(C(=O)NN3C(=O)NC(C)(c4ccccc4)C3=O)C2)cc1. The molecule has 180 valence electrons. The predicted molar refractivity (Wildman–Crippen MR) is 122 cm³/mol. The number of imide groups is 1. The molecule has 2 unspecified atom stereocenters. The molecule has 11 heteroatoms. The normalized spacial score (nSPS) is 23.5. The topological polar surface area (TPSA) is 125 Å². The third-order valence-electron chi connectivity index (χ3n) is 6.22. The number of hydrogen-bond donors (Lipinski definition) is 2. The van der Waals surface area contributed by atoms with Crippen molar-refractivity contribution in [2.24, 2.45) is 5.92 Å². The van der Waals surface area contributed by atoms with Crippen LogP contribution >= 0.6 is 0 Å². The molecule has 2 aliphatic rings. The van der Waals surface area contributed by atoms with Crippen LogP contribution in [-0.2, 0) is 25.2 Å². The van der Waals surface area contributed by atoms with Crippen LogP contribution in [0.3, 0.4) is 0 Å². The van der Waals surface area contributed by atoms with E-state index < -0.39 is 39.3 Å². The van der Waals surface area contributed by atoms with Gasteiger partial charge in [0.15, 0.2) is 0 Å². The number of hydrogen-bond acceptors (Lipinski definition) is 6. The van der Waals surface area contributed by atoms with E-state index >= 15 is 0 Å². The van der Waals surface area contributed by atoms with Gasteiger partial charge in [-0.2, -0.15) is 9.31 Å². The van der Waals surface area contributed by atoms with Crippen LogP contribution < -0.4 is 15.5 Å². The van der Waals surface area contributed by atoms with E-state index in [9.17, 15) is 22.8 Å². The first-order chi connectivity index (χ1) is 16.2. The molecule has 0 aromatic heterocycles. The molecule has 0 saturated carbocycles. The Morgan fingerprint density at radius 2 is 1.79 bits per heavy atom. The van der Waals surface area contributed by atoms with E-state index in [2.05, 4.69) is 10.7 Å². The summed E-state index contributed by atoms with van der Waals surface area (Å²) in [5.74, 6) is -1.39. The average molecular weight is 487 g/mol. The number of nitrogens with one attached hydrogen (secondary N) is 2. The van der Waals surface area contributed by atoms with E-state index in [1.165, 1.54) is 23.5 Å². The van der Waals surface area contributed by atoms with Gasteiger partial charge in [0.1, 0.15) is 11.3 Å². The molecular formula is C23H26N4O6S. The second-order valence-electron chi connectivity index (χ2n) is 8.42. The molecule has 0 spiro atoms. The second kappa shape index (κ2) is 9.07. The van der Waals surface area contributed by atoms with Crippen molar-refractivity contribution < 1.29 is 27.5 Å². The van der Waals surface area contributed by atoms with Crippen LogP contribution in [0, 0.1) is 5.92 Å². The van der Waals surface area contributed by atoms with E-state index in [1.54, 1.807) is 49.4 Å². The van der Waals surface area contributed by atoms with Crippen molar-refractivity contribution >= 4 is 27.9 Å². The van der Waals surface area contributed by atoms with E-state index in [-0.39, 0.29) is 18.0 Å². The summed E-state index contributed by atoms with van der Waals surface area (Å²) < 4.78 is 32.5. The largest absolute Gasteiger partial charge is 0.497 e. The van der Waals surface area contributed by atoms with Gasteiger partial charge in [0.25, 0.3) is 5.91 Å². The first kappa shape index (κ1) is 23.7. The molecule has 2 aliphatic heterocycles. The van der Waals surface area contributed by atoms with Crippen molar-refractivity contribution in [3.8, 4) is 5.75 Å². The minimum absolute atomic E-state index is 0.0558. The highest BCUT2D eigenvalue weighted by atomic mass is 32.2. The highest BCUT2D eigenvalue weighted by Gasteiger charge is 2.50. The zero-order valence-corrected chi connectivity index (χ0v) is 19.7. The van der Waals surface area contributed by atoms with Gasteiger partial charge in [-0.3, -0.25) is 15.0 Å². The molecule has 2 atom stereocenters. The summed E-state index contributed by atoms with van der Waals surface area (Å²) in [6, 6.07) is 14.0. The monoisotopic (exact) mass is 486 g/mol. The number of carbonyl (C=O) groups excluding carboxylic acids is 3. The third kappa shape index (κ3) is 4.24. The molecule has 2 aromatic carbocycles. The lowest BCUT2D eigenvalue weighted by Gasteiger charge is -2.32. The highest BCUT2D eigenvalue weighted by Crippen LogP contribution is 2.29. The molecule has 10 nitrogen and oxygen atoms in total. The summed E-state index contributed by atoms with van der Waals surface area (Å²) in [5, 5.41) is 3.30. The Bertz CT molecular complexity index is 1200. The number of piperidine rings is 1. The first-order valence-electron chi connectivity index (χ1n) is 10.8. The number of carbonyl (C=O) groups is 3. The van der Waals surface area contributed by atoms with E-state index in [4.69, 9.17) is 4.74 Å². The summed E-state index contributed by atoms with van der Waals surface area (Å²) in [6.45, 7) is 1.78. The fraction of sp³-hybridized carbons (Fsp3) is 0.348. The molecule has 2 aromatic rings. The predicted octanol–water partition coefficient (Wildman–Crippen LogP) is 1.59. The quantitative estimate of drug-likeness (QED) is 0.598. The summed E-state index contributed by atoms with van der Waals surface area (Å²) >= 11 is 0. The lowest BCUT2D eigenvalue weighted by atomic mass is 9.92.